The highest BCUT2D eigenvalue weighted by molar-refractivity contribution is 6.23. The number of fused-ring (bicyclic) bond motifs is 6. The van der Waals surface area contributed by atoms with Crippen LogP contribution >= 0.6 is 0 Å². The Morgan fingerprint density at radius 3 is 1.55 bits per heavy atom. The molecule has 0 aliphatic carbocycles. The molecule has 10 aromatic rings. The third-order valence-electron chi connectivity index (χ3n) is 10.2. The summed E-state index contributed by atoms with van der Waals surface area (Å²) in [7, 11) is 0. The van der Waals surface area contributed by atoms with E-state index in [0.29, 0.717) is 0 Å². The van der Waals surface area contributed by atoms with Gasteiger partial charge in [0.2, 0.25) is 0 Å². The molecule has 228 valence electrons. The molecule has 49 heavy (non-hydrogen) atoms. The van der Waals surface area contributed by atoms with Gasteiger partial charge in [-0.05, 0) is 102 Å². The van der Waals surface area contributed by atoms with E-state index in [4.69, 9.17) is 0 Å². The Balaban J connectivity index is 1.17. The number of benzene rings is 9. The molecular weight excluding hydrogens is 591 g/mol. The molecule has 0 aliphatic rings. The van der Waals surface area contributed by atoms with Gasteiger partial charge >= 0.3 is 0 Å². The fourth-order valence-corrected chi connectivity index (χ4v) is 8.02. The first-order valence-electron chi connectivity index (χ1n) is 16.9. The van der Waals surface area contributed by atoms with Crippen LogP contribution in [0.5, 0.6) is 0 Å². The summed E-state index contributed by atoms with van der Waals surface area (Å²) < 4.78 is 2.37. The van der Waals surface area contributed by atoms with E-state index < -0.39 is 0 Å². The first-order valence-corrected chi connectivity index (χ1v) is 16.9. The van der Waals surface area contributed by atoms with E-state index in [0.717, 1.165) is 0 Å². The van der Waals surface area contributed by atoms with Crippen LogP contribution in [0.25, 0.3) is 93.2 Å². The maximum absolute atomic E-state index is 2.37. The molecule has 0 fully saturated rings. The summed E-state index contributed by atoms with van der Waals surface area (Å²) in [6.07, 6.45) is 0. The summed E-state index contributed by atoms with van der Waals surface area (Å²) in [6, 6.07) is 68.7. The molecule has 1 nitrogen and oxygen atoms in total. The second-order valence-electron chi connectivity index (χ2n) is 12.9. The lowest BCUT2D eigenvalue weighted by atomic mass is 9.84. The van der Waals surface area contributed by atoms with E-state index in [-0.39, 0.29) is 0 Å². The van der Waals surface area contributed by atoms with Crippen molar-refractivity contribution in [2.75, 3.05) is 0 Å². The summed E-state index contributed by atoms with van der Waals surface area (Å²) in [4.78, 5) is 0. The van der Waals surface area contributed by atoms with Crippen LogP contribution in [-0.2, 0) is 0 Å². The van der Waals surface area contributed by atoms with Crippen molar-refractivity contribution >= 4 is 54.1 Å². The molecule has 1 heterocycles. The van der Waals surface area contributed by atoms with Crippen LogP contribution in [0.15, 0.2) is 188 Å². The minimum atomic E-state index is 1.18. The summed E-state index contributed by atoms with van der Waals surface area (Å²) in [5, 5.41) is 10.1. The maximum atomic E-state index is 2.37. The predicted octanol–water partition coefficient (Wildman–Crippen LogP) is 13.2. The molecule has 0 saturated carbocycles. The van der Waals surface area contributed by atoms with E-state index in [9.17, 15) is 0 Å². The Bertz CT molecular complexity index is 2800. The Hall–Kier alpha value is -6.44. The predicted molar refractivity (Wildman–Crippen MR) is 210 cm³/mol. The van der Waals surface area contributed by atoms with Crippen molar-refractivity contribution in [2.24, 2.45) is 0 Å². The van der Waals surface area contributed by atoms with Crippen molar-refractivity contribution in [3.05, 3.63) is 188 Å². The Kier molecular flexibility index (Phi) is 6.25. The van der Waals surface area contributed by atoms with Gasteiger partial charge in [0.25, 0.3) is 0 Å². The van der Waals surface area contributed by atoms with Gasteiger partial charge in [-0.1, -0.05) is 152 Å². The molecule has 1 heteroatoms. The minimum absolute atomic E-state index is 1.18. The van der Waals surface area contributed by atoms with Crippen molar-refractivity contribution < 1.29 is 0 Å². The van der Waals surface area contributed by atoms with Crippen molar-refractivity contribution in [1.29, 1.82) is 0 Å². The van der Waals surface area contributed by atoms with Gasteiger partial charge in [0.05, 0.1) is 11.0 Å². The number of rotatable bonds is 4. The topological polar surface area (TPSA) is 4.93 Å². The van der Waals surface area contributed by atoms with Crippen LogP contribution in [-0.4, -0.2) is 4.57 Å². The largest absolute Gasteiger partial charge is 0.309 e. The molecular formula is C48H31N. The van der Waals surface area contributed by atoms with Gasteiger partial charge in [0, 0.05) is 16.5 Å². The van der Waals surface area contributed by atoms with Crippen molar-refractivity contribution in [3.8, 4) is 39.1 Å². The monoisotopic (exact) mass is 621 g/mol. The van der Waals surface area contributed by atoms with Gasteiger partial charge in [-0.25, -0.2) is 0 Å². The number of hydrogen-bond donors (Lipinski definition) is 0. The van der Waals surface area contributed by atoms with Gasteiger partial charge in [-0.2, -0.15) is 0 Å². The van der Waals surface area contributed by atoms with Gasteiger partial charge in [0.15, 0.2) is 0 Å². The molecule has 0 bridgehead atoms. The first-order chi connectivity index (χ1) is 24.3. The van der Waals surface area contributed by atoms with E-state index in [1.54, 1.807) is 0 Å². The molecule has 0 spiro atoms. The van der Waals surface area contributed by atoms with Crippen molar-refractivity contribution in [3.63, 3.8) is 0 Å². The van der Waals surface area contributed by atoms with Gasteiger partial charge in [-0.15, -0.1) is 0 Å². The van der Waals surface area contributed by atoms with Crippen molar-refractivity contribution in [2.45, 2.75) is 0 Å². The average molecular weight is 622 g/mol. The fraction of sp³-hybridized carbons (Fsp3) is 0. The van der Waals surface area contributed by atoms with E-state index in [1.165, 1.54) is 93.2 Å². The Morgan fingerprint density at radius 2 is 0.837 bits per heavy atom. The fourth-order valence-electron chi connectivity index (χ4n) is 8.02. The highest BCUT2D eigenvalue weighted by atomic mass is 15.0. The quantitative estimate of drug-likeness (QED) is 0.172. The lowest BCUT2D eigenvalue weighted by Gasteiger charge is -2.19. The number of para-hydroxylation sites is 2. The van der Waals surface area contributed by atoms with Crippen LogP contribution in [0.2, 0.25) is 0 Å². The molecule has 0 unspecified atom stereocenters. The number of nitrogens with zero attached hydrogens (tertiary/aromatic N) is 1. The second kappa shape index (κ2) is 11.1. The minimum Gasteiger partial charge on any atom is -0.309 e. The zero-order valence-electron chi connectivity index (χ0n) is 26.8. The molecule has 0 aliphatic heterocycles. The Morgan fingerprint density at radius 1 is 0.286 bits per heavy atom. The van der Waals surface area contributed by atoms with Gasteiger partial charge in [-0.3, -0.25) is 0 Å². The number of hydrogen-bond acceptors (Lipinski definition) is 0. The standard InChI is InChI=1S/C48H31N/c1-3-14-32(15-4-1)47-40-20-7-9-22-42(40)48(43-23-10-8-21-41(43)47)39-24-13-16-35-30-33(26-28-37(35)39)34-27-29-46-44(31-34)38-19-11-12-25-45(38)49(46)36-17-5-2-6-18-36/h1-31H. The molecule has 1 aromatic heterocycles. The van der Waals surface area contributed by atoms with Crippen LogP contribution in [0.4, 0.5) is 0 Å². The second-order valence-corrected chi connectivity index (χ2v) is 12.9. The zero-order chi connectivity index (χ0) is 32.3. The van der Waals surface area contributed by atoms with E-state index >= 15 is 0 Å². The molecule has 0 N–H and O–H groups in total. The lowest BCUT2D eigenvalue weighted by molar-refractivity contribution is 1.18. The van der Waals surface area contributed by atoms with Crippen LogP contribution in [0.1, 0.15) is 0 Å². The molecule has 0 amide bonds. The van der Waals surface area contributed by atoms with E-state index in [1.807, 2.05) is 0 Å². The molecule has 10 rings (SSSR count). The molecule has 0 atom stereocenters. The Labute approximate surface area is 284 Å². The maximum Gasteiger partial charge on any atom is 0.0541 e. The van der Waals surface area contributed by atoms with Crippen LogP contribution < -0.4 is 0 Å². The van der Waals surface area contributed by atoms with Crippen molar-refractivity contribution in [1.82, 2.24) is 4.57 Å². The molecule has 9 aromatic carbocycles. The molecule has 0 radical (unpaired) electrons. The zero-order valence-corrected chi connectivity index (χ0v) is 26.8. The van der Waals surface area contributed by atoms with Crippen LogP contribution in [0, 0.1) is 0 Å². The molecule has 0 saturated heterocycles. The average Bonchev–Trinajstić information content (AvgIpc) is 3.51. The lowest BCUT2D eigenvalue weighted by Crippen LogP contribution is -1.93. The summed E-state index contributed by atoms with van der Waals surface area (Å²) in [5.74, 6) is 0. The summed E-state index contributed by atoms with van der Waals surface area (Å²) in [6.45, 7) is 0. The highest BCUT2D eigenvalue weighted by Crippen LogP contribution is 2.45. The summed E-state index contributed by atoms with van der Waals surface area (Å²) in [5.41, 5.74) is 11.2. The SMILES string of the molecule is c1ccc(-c2c3ccccc3c(-c3cccc4cc(-c5ccc6c(c5)c5ccccc5n6-c5ccccc5)ccc34)c3ccccc23)cc1. The smallest absolute Gasteiger partial charge is 0.0541 e. The number of aromatic nitrogens is 1. The normalized spacial score (nSPS) is 11.7. The third-order valence-corrected chi connectivity index (χ3v) is 10.2. The van der Waals surface area contributed by atoms with Gasteiger partial charge in [0.1, 0.15) is 0 Å². The summed E-state index contributed by atoms with van der Waals surface area (Å²) >= 11 is 0. The highest BCUT2D eigenvalue weighted by Gasteiger charge is 2.18. The van der Waals surface area contributed by atoms with E-state index in [2.05, 4.69) is 193 Å². The van der Waals surface area contributed by atoms with Crippen LogP contribution in [0.3, 0.4) is 0 Å². The van der Waals surface area contributed by atoms with Gasteiger partial charge < -0.3 is 4.57 Å². The third kappa shape index (κ3) is 4.33. The first kappa shape index (κ1) is 27.7.